The number of nitrogens with zero attached hydrogens (tertiary/aromatic N) is 1. The highest BCUT2D eigenvalue weighted by atomic mass is 16.4. The SMILES string of the molecule is CC(C)(C)C1CCN(C(C(=O)O)c2ccccc2)CC1. The van der Waals surface area contributed by atoms with E-state index in [9.17, 15) is 9.90 Å². The molecule has 0 aliphatic carbocycles. The summed E-state index contributed by atoms with van der Waals surface area (Å²) in [5.74, 6) is -0.0608. The maximum Gasteiger partial charge on any atom is 0.325 e. The van der Waals surface area contributed by atoms with Gasteiger partial charge >= 0.3 is 5.97 Å². The molecule has 1 aliphatic heterocycles. The fraction of sp³-hybridized carbons (Fsp3) is 0.588. The van der Waals surface area contributed by atoms with Gasteiger partial charge in [-0.2, -0.15) is 0 Å². The van der Waals surface area contributed by atoms with Crippen LogP contribution in [0.15, 0.2) is 30.3 Å². The molecule has 0 saturated carbocycles. The quantitative estimate of drug-likeness (QED) is 0.916. The molecule has 1 fully saturated rings. The molecule has 0 aromatic heterocycles. The average molecular weight is 275 g/mol. The second-order valence-electron chi connectivity index (χ2n) is 6.83. The summed E-state index contributed by atoms with van der Waals surface area (Å²) in [5, 5.41) is 9.56. The maximum absolute atomic E-state index is 11.6. The van der Waals surface area contributed by atoms with Gasteiger partial charge in [0.25, 0.3) is 0 Å². The Labute approximate surface area is 121 Å². The summed E-state index contributed by atoms with van der Waals surface area (Å²) in [6, 6.07) is 9.06. The second-order valence-corrected chi connectivity index (χ2v) is 6.83. The van der Waals surface area contributed by atoms with E-state index >= 15 is 0 Å². The van der Waals surface area contributed by atoms with Crippen LogP contribution >= 0.6 is 0 Å². The predicted octanol–water partition coefficient (Wildman–Crippen LogP) is 3.57. The van der Waals surface area contributed by atoms with Crippen LogP contribution in [0, 0.1) is 11.3 Å². The van der Waals surface area contributed by atoms with Gasteiger partial charge in [0, 0.05) is 0 Å². The van der Waals surface area contributed by atoms with Gasteiger partial charge in [-0.25, -0.2) is 0 Å². The van der Waals surface area contributed by atoms with Crippen molar-refractivity contribution < 1.29 is 9.90 Å². The van der Waals surface area contributed by atoms with Crippen LogP contribution in [0.25, 0.3) is 0 Å². The highest BCUT2D eigenvalue weighted by Crippen LogP contribution is 2.36. The molecule has 110 valence electrons. The lowest BCUT2D eigenvalue weighted by Gasteiger charge is -2.40. The van der Waals surface area contributed by atoms with E-state index in [-0.39, 0.29) is 0 Å². The van der Waals surface area contributed by atoms with Gasteiger partial charge in [0.1, 0.15) is 6.04 Å². The lowest BCUT2D eigenvalue weighted by atomic mass is 9.75. The van der Waals surface area contributed by atoms with E-state index in [1.54, 1.807) is 0 Å². The van der Waals surface area contributed by atoms with E-state index < -0.39 is 12.0 Å². The normalized spacial score (nSPS) is 19.8. The number of rotatable bonds is 3. The summed E-state index contributed by atoms with van der Waals surface area (Å²) in [7, 11) is 0. The van der Waals surface area contributed by atoms with E-state index in [1.807, 2.05) is 30.3 Å². The smallest absolute Gasteiger partial charge is 0.325 e. The molecular formula is C17H25NO2. The van der Waals surface area contributed by atoms with Crippen molar-refractivity contribution in [1.82, 2.24) is 4.90 Å². The van der Waals surface area contributed by atoms with Crippen LogP contribution in [0.5, 0.6) is 0 Å². The Balaban J connectivity index is 2.09. The van der Waals surface area contributed by atoms with Gasteiger partial charge in [0.2, 0.25) is 0 Å². The van der Waals surface area contributed by atoms with Gasteiger partial charge in [0.15, 0.2) is 0 Å². The molecule has 1 heterocycles. The molecule has 1 aromatic rings. The molecule has 2 rings (SSSR count). The van der Waals surface area contributed by atoms with Crippen molar-refractivity contribution in [2.24, 2.45) is 11.3 Å². The third-order valence-corrected chi connectivity index (χ3v) is 4.47. The van der Waals surface area contributed by atoms with Crippen molar-refractivity contribution in [3.05, 3.63) is 35.9 Å². The Kier molecular flexibility index (Phi) is 4.48. The first-order valence-electron chi connectivity index (χ1n) is 7.41. The van der Waals surface area contributed by atoms with Crippen LogP contribution in [-0.4, -0.2) is 29.1 Å². The maximum atomic E-state index is 11.6. The number of likely N-dealkylation sites (tertiary alicyclic amines) is 1. The van der Waals surface area contributed by atoms with E-state index in [0.717, 1.165) is 31.5 Å². The molecule has 1 atom stereocenters. The Hall–Kier alpha value is -1.35. The van der Waals surface area contributed by atoms with E-state index in [2.05, 4.69) is 25.7 Å². The molecule has 1 N–H and O–H groups in total. The Morgan fingerprint density at radius 1 is 1.20 bits per heavy atom. The summed E-state index contributed by atoms with van der Waals surface area (Å²) in [4.78, 5) is 13.7. The second kappa shape index (κ2) is 5.96. The standard InChI is InChI=1S/C17H25NO2/c1-17(2,3)14-9-11-18(12-10-14)15(16(19)20)13-7-5-4-6-8-13/h4-8,14-15H,9-12H2,1-3H3,(H,19,20). The molecule has 0 radical (unpaired) electrons. The van der Waals surface area contributed by atoms with Crippen LogP contribution in [0.4, 0.5) is 0 Å². The first kappa shape index (κ1) is 15.0. The number of carboxylic acid groups (broad SMARTS) is 1. The summed E-state index contributed by atoms with van der Waals surface area (Å²) in [6.07, 6.45) is 2.17. The van der Waals surface area contributed by atoms with E-state index in [0.29, 0.717) is 11.3 Å². The molecule has 20 heavy (non-hydrogen) atoms. The van der Waals surface area contributed by atoms with Crippen molar-refractivity contribution in [2.75, 3.05) is 13.1 Å². The number of benzene rings is 1. The van der Waals surface area contributed by atoms with Gasteiger partial charge in [-0.1, -0.05) is 51.1 Å². The molecule has 3 heteroatoms. The van der Waals surface area contributed by atoms with E-state index in [1.165, 1.54) is 0 Å². The minimum atomic E-state index is -0.745. The van der Waals surface area contributed by atoms with Crippen molar-refractivity contribution in [1.29, 1.82) is 0 Å². The molecule has 1 aromatic carbocycles. The monoisotopic (exact) mass is 275 g/mol. The van der Waals surface area contributed by atoms with Gasteiger partial charge in [-0.3, -0.25) is 9.69 Å². The summed E-state index contributed by atoms with van der Waals surface area (Å²) in [6.45, 7) is 8.57. The zero-order valence-electron chi connectivity index (χ0n) is 12.7. The number of carbonyl (C=O) groups is 1. The molecule has 0 amide bonds. The van der Waals surface area contributed by atoms with Crippen LogP contribution < -0.4 is 0 Å². The average Bonchev–Trinajstić information content (AvgIpc) is 2.39. The van der Waals surface area contributed by atoms with Gasteiger partial charge in [0.05, 0.1) is 0 Å². The summed E-state index contributed by atoms with van der Waals surface area (Å²) < 4.78 is 0. The fourth-order valence-electron chi connectivity index (χ4n) is 3.17. The topological polar surface area (TPSA) is 40.5 Å². The summed E-state index contributed by atoms with van der Waals surface area (Å²) in [5.41, 5.74) is 1.20. The number of aliphatic carboxylic acids is 1. The van der Waals surface area contributed by atoms with Crippen molar-refractivity contribution in [3.8, 4) is 0 Å². The number of hydrogen-bond acceptors (Lipinski definition) is 2. The number of hydrogen-bond donors (Lipinski definition) is 1. The number of piperidine rings is 1. The van der Waals surface area contributed by atoms with Crippen LogP contribution in [-0.2, 0) is 4.79 Å². The van der Waals surface area contributed by atoms with Gasteiger partial charge < -0.3 is 5.11 Å². The summed E-state index contributed by atoms with van der Waals surface area (Å²) >= 11 is 0. The highest BCUT2D eigenvalue weighted by molar-refractivity contribution is 5.75. The zero-order valence-corrected chi connectivity index (χ0v) is 12.7. The lowest BCUT2D eigenvalue weighted by molar-refractivity contribution is -0.144. The van der Waals surface area contributed by atoms with Gasteiger partial charge in [-0.15, -0.1) is 0 Å². The van der Waals surface area contributed by atoms with Crippen molar-refractivity contribution >= 4 is 5.97 Å². The molecule has 1 saturated heterocycles. The highest BCUT2D eigenvalue weighted by Gasteiger charge is 2.34. The Morgan fingerprint density at radius 2 is 1.75 bits per heavy atom. The lowest BCUT2D eigenvalue weighted by Crippen LogP contribution is -2.42. The van der Waals surface area contributed by atoms with Crippen LogP contribution in [0.3, 0.4) is 0 Å². The molecule has 1 unspecified atom stereocenters. The molecule has 3 nitrogen and oxygen atoms in total. The first-order chi connectivity index (χ1) is 9.39. The van der Waals surface area contributed by atoms with Crippen LogP contribution in [0.1, 0.15) is 45.2 Å². The fourth-order valence-corrected chi connectivity index (χ4v) is 3.17. The number of carboxylic acids is 1. The largest absolute Gasteiger partial charge is 0.480 e. The van der Waals surface area contributed by atoms with Crippen molar-refractivity contribution in [3.63, 3.8) is 0 Å². The zero-order chi connectivity index (χ0) is 14.8. The molecular weight excluding hydrogens is 250 g/mol. The van der Waals surface area contributed by atoms with Gasteiger partial charge in [-0.05, 0) is 42.8 Å². The van der Waals surface area contributed by atoms with Crippen molar-refractivity contribution in [2.45, 2.75) is 39.7 Å². The first-order valence-corrected chi connectivity index (χ1v) is 7.41. The molecule has 0 spiro atoms. The Bertz CT molecular complexity index is 442. The van der Waals surface area contributed by atoms with E-state index in [4.69, 9.17) is 0 Å². The van der Waals surface area contributed by atoms with Crippen LogP contribution in [0.2, 0.25) is 0 Å². The predicted molar refractivity (Wildman–Crippen MR) is 80.6 cm³/mol. The minimum absolute atomic E-state index is 0.317. The third-order valence-electron chi connectivity index (χ3n) is 4.47. The molecule has 1 aliphatic rings. The Morgan fingerprint density at radius 3 is 2.20 bits per heavy atom. The molecule has 0 bridgehead atoms. The third kappa shape index (κ3) is 3.40. The minimum Gasteiger partial charge on any atom is -0.480 e.